The van der Waals surface area contributed by atoms with E-state index in [4.69, 9.17) is 9.84 Å². The molecule has 7 heteroatoms. The highest BCUT2D eigenvalue weighted by Gasteiger charge is 2.10. The summed E-state index contributed by atoms with van der Waals surface area (Å²) in [4.78, 5) is 37.3. The lowest BCUT2D eigenvalue weighted by atomic mass is 10.1. The number of anilines is 1. The third-order valence-corrected chi connectivity index (χ3v) is 3.81. The maximum Gasteiger partial charge on any atom is 0.411 e. The van der Waals surface area contributed by atoms with Crippen LogP contribution < -0.4 is 10.9 Å². The average Bonchev–Trinajstić information content (AvgIpc) is 2.68. The van der Waals surface area contributed by atoms with Crippen LogP contribution in [0.15, 0.2) is 71.7 Å². The van der Waals surface area contributed by atoms with Gasteiger partial charge in [-0.15, -0.1) is 0 Å². The van der Waals surface area contributed by atoms with E-state index in [1.165, 1.54) is 6.07 Å². The number of nitrogens with one attached hydrogen (secondary N) is 2. The van der Waals surface area contributed by atoms with Crippen LogP contribution >= 0.6 is 0 Å². The van der Waals surface area contributed by atoms with Gasteiger partial charge in [-0.05, 0) is 29.3 Å². The number of ether oxygens (including phenoxy) is 1. The summed E-state index contributed by atoms with van der Waals surface area (Å²) in [5.74, 6) is -1.13. The Bertz CT molecular complexity index is 1010. The molecule has 3 aromatic rings. The molecule has 0 fully saturated rings. The van der Waals surface area contributed by atoms with Gasteiger partial charge in [-0.2, -0.15) is 0 Å². The smallest absolute Gasteiger partial charge is 0.411 e. The van der Waals surface area contributed by atoms with Crippen molar-refractivity contribution in [3.05, 3.63) is 88.3 Å². The summed E-state index contributed by atoms with van der Waals surface area (Å²) in [5, 5.41) is 11.6. The van der Waals surface area contributed by atoms with Crippen molar-refractivity contribution in [1.29, 1.82) is 0 Å². The predicted octanol–water partition coefficient (Wildman–Crippen LogP) is 3.49. The zero-order chi connectivity index (χ0) is 19.2. The summed E-state index contributed by atoms with van der Waals surface area (Å²) in [7, 11) is 0. The molecular weight excluding hydrogens is 348 g/mol. The van der Waals surface area contributed by atoms with E-state index in [1.807, 2.05) is 30.3 Å². The number of hydrogen-bond donors (Lipinski definition) is 3. The van der Waals surface area contributed by atoms with E-state index in [1.54, 1.807) is 24.3 Å². The number of pyridine rings is 1. The van der Waals surface area contributed by atoms with Gasteiger partial charge >= 0.3 is 12.1 Å². The van der Waals surface area contributed by atoms with Crippen LogP contribution in [0, 0.1) is 0 Å². The maximum absolute atomic E-state index is 11.9. The molecule has 1 amide bonds. The first-order chi connectivity index (χ1) is 13.0. The fraction of sp³-hybridized carbons (Fsp3) is 0.0500. The van der Waals surface area contributed by atoms with Crippen molar-refractivity contribution < 1.29 is 19.4 Å². The van der Waals surface area contributed by atoms with Crippen LogP contribution in [0.1, 0.15) is 15.9 Å². The Balaban J connectivity index is 1.67. The second kappa shape index (κ2) is 8.01. The number of amides is 1. The van der Waals surface area contributed by atoms with Crippen LogP contribution in [-0.2, 0) is 11.3 Å². The SMILES string of the molecule is O=C(Nc1ccc(-c2cc(C(=O)O)c[nH]c2=O)cc1)OCc1ccccc1. The summed E-state index contributed by atoms with van der Waals surface area (Å²) in [5.41, 5.74) is 1.71. The normalized spacial score (nSPS) is 10.2. The first-order valence-corrected chi connectivity index (χ1v) is 8.07. The second-order valence-electron chi connectivity index (χ2n) is 5.70. The number of aromatic nitrogens is 1. The zero-order valence-corrected chi connectivity index (χ0v) is 14.1. The largest absolute Gasteiger partial charge is 0.478 e. The molecule has 0 bridgehead atoms. The number of aromatic amines is 1. The van der Waals surface area contributed by atoms with E-state index in [9.17, 15) is 14.4 Å². The van der Waals surface area contributed by atoms with Gasteiger partial charge in [0.2, 0.25) is 0 Å². The minimum Gasteiger partial charge on any atom is -0.478 e. The lowest BCUT2D eigenvalue weighted by molar-refractivity contribution is 0.0696. The summed E-state index contributed by atoms with van der Waals surface area (Å²) in [6.45, 7) is 0.155. The van der Waals surface area contributed by atoms with E-state index in [0.29, 0.717) is 11.3 Å². The van der Waals surface area contributed by atoms with Crippen molar-refractivity contribution in [2.75, 3.05) is 5.32 Å². The molecule has 136 valence electrons. The Morgan fingerprint density at radius 3 is 2.41 bits per heavy atom. The minimum absolute atomic E-state index is 0.0173. The molecule has 0 spiro atoms. The highest BCUT2D eigenvalue weighted by Crippen LogP contribution is 2.19. The van der Waals surface area contributed by atoms with Gasteiger partial charge in [0.15, 0.2) is 0 Å². The highest BCUT2D eigenvalue weighted by atomic mass is 16.5. The van der Waals surface area contributed by atoms with Crippen LogP contribution in [0.2, 0.25) is 0 Å². The molecule has 3 rings (SSSR count). The number of carbonyl (C=O) groups excluding carboxylic acids is 1. The number of carbonyl (C=O) groups is 2. The number of hydrogen-bond acceptors (Lipinski definition) is 4. The quantitative estimate of drug-likeness (QED) is 0.642. The lowest BCUT2D eigenvalue weighted by Gasteiger charge is -2.08. The van der Waals surface area contributed by atoms with E-state index >= 15 is 0 Å². The first-order valence-electron chi connectivity index (χ1n) is 8.07. The summed E-state index contributed by atoms with van der Waals surface area (Å²) in [6, 6.07) is 17.0. The Labute approximate surface area is 154 Å². The molecule has 0 radical (unpaired) electrons. The molecule has 0 aliphatic rings. The van der Waals surface area contributed by atoms with Crippen LogP contribution in [0.3, 0.4) is 0 Å². The Hall–Kier alpha value is -3.87. The molecule has 0 saturated carbocycles. The van der Waals surface area contributed by atoms with E-state index in [-0.39, 0.29) is 17.7 Å². The summed E-state index contributed by atoms with van der Waals surface area (Å²) in [6.07, 6.45) is 0.546. The fourth-order valence-electron chi connectivity index (χ4n) is 2.43. The molecule has 0 atom stereocenters. The van der Waals surface area contributed by atoms with Crippen molar-refractivity contribution in [1.82, 2.24) is 4.98 Å². The molecule has 2 aromatic carbocycles. The van der Waals surface area contributed by atoms with Crippen molar-refractivity contribution >= 4 is 17.7 Å². The molecule has 3 N–H and O–H groups in total. The van der Waals surface area contributed by atoms with E-state index < -0.39 is 17.6 Å². The average molecular weight is 364 g/mol. The Kier molecular flexibility index (Phi) is 5.32. The summed E-state index contributed by atoms with van der Waals surface area (Å²) < 4.78 is 5.14. The van der Waals surface area contributed by atoms with E-state index in [0.717, 1.165) is 11.8 Å². The maximum atomic E-state index is 11.9. The van der Waals surface area contributed by atoms with Crippen molar-refractivity contribution in [2.45, 2.75) is 6.61 Å². The molecule has 0 aliphatic carbocycles. The number of aromatic carboxylic acids is 1. The van der Waals surface area contributed by atoms with Crippen LogP contribution in [-0.4, -0.2) is 22.2 Å². The molecule has 0 saturated heterocycles. The standard InChI is InChI=1S/C20H16N2O5/c23-18-17(10-15(11-21-18)19(24)25)14-6-8-16(9-7-14)22-20(26)27-12-13-4-2-1-3-5-13/h1-11H,12H2,(H,21,23)(H,22,26)(H,24,25). The highest BCUT2D eigenvalue weighted by molar-refractivity contribution is 5.89. The fourth-order valence-corrected chi connectivity index (χ4v) is 2.43. The molecule has 0 unspecified atom stereocenters. The topological polar surface area (TPSA) is 108 Å². The number of H-pyrrole nitrogens is 1. The van der Waals surface area contributed by atoms with Gasteiger partial charge in [0.25, 0.3) is 5.56 Å². The third kappa shape index (κ3) is 4.60. The Morgan fingerprint density at radius 2 is 1.74 bits per heavy atom. The molecule has 1 heterocycles. The molecular formula is C20H16N2O5. The van der Waals surface area contributed by atoms with Gasteiger partial charge in [0.1, 0.15) is 6.61 Å². The minimum atomic E-state index is -1.13. The van der Waals surface area contributed by atoms with Crippen LogP contribution in [0.5, 0.6) is 0 Å². The molecule has 27 heavy (non-hydrogen) atoms. The number of carboxylic acid groups (broad SMARTS) is 1. The van der Waals surface area contributed by atoms with Gasteiger partial charge in [0, 0.05) is 17.4 Å². The number of rotatable bonds is 5. The van der Waals surface area contributed by atoms with E-state index in [2.05, 4.69) is 10.3 Å². The van der Waals surface area contributed by atoms with Crippen LogP contribution in [0.25, 0.3) is 11.1 Å². The second-order valence-corrected chi connectivity index (χ2v) is 5.70. The van der Waals surface area contributed by atoms with Gasteiger partial charge < -0.3 is 14.8 Å². The van der Waals surface area contributed by atoms with Crippen LogP contribution in [0.4, 0.5) is 10.5 Å². The predicted molar refractivity (Wildman–Crippen MR) is 99.7 cm³/mol. The number of carboxylic acids is 1. The molecule has 1 aromatic heterocycles. The lowest BCUT2D eigenvalue weighted by Crippen LogP contribution is -2.13. The third-order valence-electron chi connectivity index (χ3n) is 3.81. The molecule has 0 aliphatic heterocycles. The van der Waals surface area contributed by atoms with Crippen molar-refractivity contribution in [3.63, 3.8) is 0 Å². The first kappa shape index (κ1) is 17.9. The monoisotopic (exact) mass is 364 g/mol. The molecule has 7 nitrogen and oxygen atoms in total. The number of benzene rings is 2. The van der Waals surface area contributed by atoms with Gasteiger partial charge in [-0.3, -0.25) is 10.1 Å². The van der Waals surface area contributed by atoms with Gasteiger partial charge in [-0.1, -0.05) is 42.5 Å². The van der Waals surface area contributed by atoms with Gasteiger partial charge in [0.05, 0.1) is 5.56 Å². The zero-order valence-electron chi connectivity index (χ0n) is 14.1. The van der Waals surface area contributed by atoms with Crippen molar-refractivity contribution in [2.24, 2.45) is 0 Å². The summed E-state index contributed by atoms with van der Waals surface area (Å²) >= 11 is 0. The van der Waals surface area contributed by atoms with Crippen molar-refractivity contribution in [3.8, 4) is 11.1 Å². The van der Waals surface area contributed by atoms with Gasteiger partial charge in [-0.25, -0.2) is 9.59 Å². The Morgan fingerprint density at radius 1 is 1.04 bits per heavy atom.